The van der Waals surface area contributed by atoms with Gasteiger partial charge < -0.3 is 0 Å². The molecule has 0 aliphatic carbocycles. The van der Waals surface area contributed by atoms with E-state index in [1.54, 1.807) is 0 Å². The van der Waals surface area contributed by atoms with E-state index >= 15 is 0 Å². The van der Waals surface area contributed by atoms with Crippen LogP contribution < -0.4 is 0 Å². The summed E-state index contributed by atoms with van der Waals surface area (Å²) in [7, 11) is 0. The Morgan fingerprint density at radius 3 is 2.75 bits per heavy atom. The molecule has 3 heteroatoms. The Kier molecular flexibility index (Phi) is 8.52. The molecule has 0 aromatic heterocycles. The molecule has 0 aliphatic heterocycles. The van der Waals surface area contributed by atoms with Crippen molar-refractivity contribution in [3.63, 3.8) is 0 Å². The molecule has 50 valence electrons. The monoisotopic (exact) mass is 202 g/mol. The summed E-state index contributed by atoms with van der Waals surface area (Å²) in [5.74, 6) is 2.83. The minimum atomic E-state index is 0.622. The minimum absolute atomic E-state index is 0.622. The third-order valence-corrected chi connectivity index (χ3v) is 2.01. The van der Waals surface area contributed by atoms with Gasteiger partial charge in [0, 0.05) is 0 Å². The van der Waals surface area contributed by atoms with Crippen molar-refractivity contribution >= 4 is 26.6 Å². The summed E-state index contributed by atoms with van der Waals surface area (Å²) in [6.45, 7) is 1.60. The van der Waals surface area contributed by atoms with E-state index in [2.05, 4.69) is 5.82 Å². The maximum atomic E-state index is 5.36. The van der Waals surface area contributed by atoms with Crippen molar-refractivity contribution in [2.45, 2.75) is 11.1 Å². The Balaban J connectivity index is 2.53. The van der Waals surface area contributed by atoms with Gasteiger partial charge in [0.25, 0.3) is 0 Å². The van der Waals surface area contributed by atoms with Crippen LogP contribution in [0.1, 0.15) is 0 Å². The SMILES string of the molecule is C[Se]CCOCCCl. The Hall–Kier alpha value is 0.769. The van der Waals surface area contributed by atoms with Crippen molar-refractivity contribution in [1.29, 1.82) is 0 Å². The second kappa shape index (κ2) is 7.77. The van der Waals surface area contributed by atoms with Crippen LogP contribution in [0.2, 0.25) is 11.1 Å². The Bertz CT molecular complexity index is 37.4. The van der Waals surface area contributed by atoms with Gasteiger partial charge in [-0.1, -0.05) is 0 Å². The molecule has 0 amide bonds. The average Bonchev–Trinajstić information content (AvgIpc) is 1.81. The molecule has 0 unspecified atom stereocenters. The molecule has 0 N–H and O–H groups in total. The van der Waals surface area contributed by atoms with Crippen LogP contribution in [0.3, 0.4) is 0 Å². The van der Waals surface area contributed by atoms with Crippen LogP contribution in [-0.2, 0) is 4.74 Å². The average molecular weight is 202 g/mol. The first kappa shape index (κ1) is 8.77. The van der Waals surface area contributed by atoms with Gasteiger partial charge in [-0.15, -0.1) is 0 Å². The molecule has 0 aliphatic rings. The predicted molar refractivity (Wildman–Crippen MR) is 38.0 cm³/mol. The van der Waals surface area contributed by atoms with Crippen LogP contribution in [0.4, 0.5) is 0 Å². The van der Waals surface area contributed by atoms with Crippen molar-refractivity contribution in [2.24, 2.45) is 0 Å². The number of rotatable bonds is 5. The third-order valence-electron chi connectivity index (χ3n) is 0.653. The van der Waals surface area contributed by atoms with E-state index in [4.69, 9.17) is 16.3 Å². The molecule has 0 radical (unpaired) electrons. The molecule has 8 heavy (non-hydrogen) atoms. The van der Waals surface area contributed by atoms with Crippen LogP contribution in [0.5, 0.6) is 0 Å². The second-order valence-electron chi connectivity index (χ2n) is 1.29. The molecule has 0 fully saturated rings. The van der Waals surface area contributed by atoms with Gasteiger partial charge in [0.15, 0.2) is 0 Å². The molecule has 1 nitrogen and oxygen atoms in total. The summed E-state index contributed by atoms with van der Waals surface area (Å²) in [4.78, 5) is 0. The summed E-state index contributed by atoms with van der Waals surface area (Å²) in [5.41, 5.74) is 0. The summed E-state index contributed by atoms with van der Waals surface area (Å²) in [5, 5.41) is 1.21. The fourth-order valence-electron chi connectivity index (χ4n) is 0.299. The van der Waals surface area contributed by atoms with Crippen LogP contribution in [-0.4, -0.2) is 34.1 Å². The van der Waals surface area contributed by atoms with Gasteiger partial charge in [-0.05, 0) is 0 Å². The predicted octanol–water partition coefficient (Wildman–Crippen LogP) is 1.41. The molecule has 0 rings (SSSR count). The molecular weight excluding hydrogens is 190 g/mol. The van der Waals surface area contributed by atoms with Crippen LogP contribution in [0, 0.1) is 0 Å². The summed E-state index contributed by atoms with van der Waals surface area (Å²) in [6, 6.07) is 0. The van der Waals surface area contributed by atoms with Crippen LogP contribution in [0.25, 0.3) is 0 Å². The number of halogens is 1. The van der Waals surface area contributed by atoms with Gasteiger partial charge in [0.1, 0.15) is 0 Å². The molecule has 0 saturated heterocycles. The van der Waals surface area contributed by atoms with Gasteiger partial charge in [0.05, 0.1) is 0 Å². The molecule has 0 spiro atoms. The van der Waals surface area contributed by atoms with Gasteiger partial charge in [0.2, 0.25) is 0 Å². The third kappa shape index (κ3) is 6.77. The summed E-state index contributed by atoms with van der Waals surface area (Å²) >= 11 is 6.12. The number of hydrogen-bond acceptors (Lipinski definition) is 1. The molecule has 0 bridgehead atoms. The van der Waals surface area contributed by atoms with Gasteiger partial charge in [-0.3, -0.25) is 0 Å². The maximum absolute atomic E-state index is 5.36. The topological polar surface area (TPSA) is 9.23 Å². The molecule has 0 atom stereocenters. The zero-order valence-corrected chi connectivity index (χ0v) is 7.49. The van der Waals surface area contributed by atoms with Crippen molar-refractivity contribution in [2.75, 3.05) is 19.1 Å². The van der Waals surface area contributed by atoms with Crippen molar-refractivity contribution in [1.82, 2.24) is 0 Å². The normalized spacial score (nSPS) is 9.75. The summed E-state index contributed by atoms with van der Waals surface area (Å²) in [6.07, 6.45) is 0. The number of ether oxygens (including phenoxy) is 1. The van der Waals surface area contributed by atoms with Crippen molar-refractivity contribution in [3.05, 3.63) is 0 Å². The zero-order chi connectivity index (χ0) is 6.24. The first-order valence-electron chi connectivity index (χ1n) is 2.54. The Labute approximate surface area is 61.9 Å². The van der Waals surface area contributed by atoms with Crippen molar-refractivity contribution < 1.29 is 4.74 Å². The first-order chi connectivity index (χ1) is 3.91. The standard InChI is InChI=1S/C5H11ClOSe/c1-8-5-4-7-3-2-6/h2-5H2,1H3. The van der Waals surface area contributed by atoms with E-state index in [9.17, 15) is 0 Å². The van der Waals surface area contributed by atoms with Crippen LogP contribution >= 0.6 is 11.6 Å². The molecule has 0 heterocycles. The quantitative estimate of drug-likeness (QED) is 0.371. The second-order valence-corrected chi connectivity index (χ2v) is 3.74. The molecule has 0 aromatic rings. The van der Waals surface area contributed by atoms with E-state index in [-0.39, 0.29) is 0 Å². The zero-order valence-electron chi connectivity index (χ0n) is 5.02. The van der Waals surface area contributed by atoms with Gasteiger partial charge >= 0.3 is 61.5 Å². The van der Waals surface area contributed by atoms with Gasteiger partial charge in [-0.2, -0.15) is 0 Å². The van der Waals surface area contributed by atoms with Crippen molar-refractivity contribution in [3.8, 4) is 0 Å². The van der Waals surface area contributed by atoms with E-state index in [0.29, 0.717) is 12.5 Å². The molecule has 0 aromatic carbocycles. The van der Waals surface area contributed by atoms with E-state index in [1.165, 1.54) is 5.32 Å². The van der Waals surface area contributed by atoms with Crippen LogP contribution in [0.15, 0.2) is 0 Å². The number of alkyl halides is 1. The van der Waals surface area contributed by atoms with E-state index in [0.717, 1.165) is 21.6 Å². The first-order valence-corrected chi connectivity index (χ1v) is 6.00. The summed E-state index contributed by atoms with van der Waals surface area (Å²) < 4.78 is 5.11. The van der Waals surface area contributed by atoms with Gasteiger partial charge in [-0.25, -0.2) is 0 Å². The van der Waals surface area contributed by atoms with E-state index in [1.807, 2.05) is 0 Å². The Morgan fingerprint density at radius 2 is 2.25 bits per heavy atom. The van der Waals surface area contributed by atoms with E-state index < -0.39 is 0 Å². The number of hydrogen-bond donors (Lipinski definition) is 0. The Morgan fingerprint density at radius 1 is 1.50 bits per heavy atom. The molecular formula is C5H11ClOSe. The molecule has 0 saturated carbocycles. The fourth-order valence-corrected chi connectivity index (χ4v) is 1.00. The fraction of sp³-hybridized carbons (Fsp3) is 1.00.